The first-order valence-corrected chi connectivity index (χ1v) is 7.67. The predicted octanol–water partition coefficient (Wildman–Crippen LogP) is 4.75. The van der Waals surface area contributed by atoms with Gasteiger partial charge in [-0.3, -0.25) is 0 Å². The first-order valence-electron chi connectivity index (χ1n) is 6.49. The zero-order chi connectivity index (χ0) is 15.4. The largest absolute Gasteiger partial charge is 0.496 e. The smallest absolute Gasteiger partial charge is 0.123 e. The first kappa shape index (κ1) is 16.3. The van der Waals surface area contributed by atoms with Crippen LogP contribution in [0, 0.1) is 5.82 Å². The lowest BCUT2D eigenvalue weighted by Crippen LogP contribution is -2.20. The molecule has 2 aromatic rings. The van der Waals surface area contributed by atoms with Gasteiger partial charge in [0.2, 0.25) is 0 Å². The Balaban J connectivity index is 2.36. The van der Waals surface area contributed by atoms with Gasteiger partial charge in [-0.05, 0) is 55.4 Å². The van der Waals surface area contributed by atoms with Gasteiger partial charge in [0.05, 0.1) is 7.11 Å². The average molecular weight is 373 g/mol. The van der Waals surface area contributed by atoms with E-state index in [9.17, 15) is 4.39 Å². The summed E-state index contributed by atoms with van der Waals surface area (Å²) in [6, 6.07) is 10.1. The quantitative estimate of drug-likeness (QED) is 0.817. The highest BCUT2D eigenvalue weighted by atomic mass is 79.9. The van der Waals surface area contributed by atoms with E-state index in [-0.39, 0.29) is 11.9 Å². The normalized spacial score (nSPS) is 12.2. The summed E-state index contributed by atoms with van der Waals surface area (Å²) in [6.07, 6.45) is 0.617. The summed E-state index contributed by atoms with van der Waals surface area (Å²) in [6.45, 7) is 0. The van der Waals surface area contributed by atoms with Crippen LogP contribution in [-0.4, -0.2) is 14.2 Å². The van der Waals surface area contributed by atoms with Crippen molar-refractivity contribution < 1.29 is 9.13 Å². The first-order chi connectivity index (χ1) is 10.0. The highest BCUT2D eigenvalue weighted by Gasteiger charge is 2.17. The van der Waals surface area contributed by atoms with E-state index in [2.05, 4.69) is 21.2 Å². The number of hydrogen-bond acceptors (Lipinski definition) is 2. The fraction of sp³-hybridized carbons (Fsp3) is 0.250. The van der Waals surface area contributed by atoms with Crippen LogP contribution in [0.3, 0.4) is 0 Å². The Hall–Kier alpha value is -1.10. The minimum Gasteiger partial charge on any atom is -0.496 e. The molecule has 1 unspecified atom stereocenters. The topological polar surface area (TPSA) is 21.3 Å². The number of rotatable bonds is 5. The maximum absolute atomic E-state index is 13.4. The number of hydrogen-bond donors (Lipinski definition) is 1. The van der Waals surface area contributed by atoms with Crippen molar-refractivity contribution in [3.63, 3.8) is 0 Å². The maximum Gasteiger partial charge on any atom is 0.123 e. The number of methoxy groups -OCH3 is 1. The van der Waals surface area contributed by atoms with Crippen LogP contribution in [-0.2, 0) is 6.42 Å². The van der Waals surface area contributed by atoms with Crippen LogP contribution in [0.2, 0.25) is 5.02 Å². The van der Waals surface area contributed by atoms with Gasteiger partial charge in [-0.1, -0.05) is 27.5 Å². The van der Waals surface area contributed by atoms with Gasteiger partial charge in [-0.15, -0.1) is 0 Å². The van der Waals surface area contributed by atoms with Crippen LogP contribution in [0.15, 0.2) is 40.9 Å². The number of benzene rings is 2. The molecular formula is C16H16BrClFNO. The van der Waals surface area contributed by atoms with Gasteiger partial charge in [-0.25, -0.2) is 4.39 Å². The third-order valence-electron chi connectivity index (χ3n) is 3.35. The molecule has 1 N–H and O–H groups in total. The molecule has 0 aliphatic heterocycles. The molecule has 0 fully saturated rings. The van der Waals surface area contributed by atoms with Gasteiger partial charge < -0.3 is 10.1 Å². The van der Waals surface area contributed by atoms with Crippen LogP contribution >= 0.6 is 27.5 Å². The Labute approximate surface area is 137 Å². The lowest BCUT2D eigenvalue weighted by Gasteiger charge is -2.20. The summed E-state index contributed by atoms with van der Waals surface area (Å²) >= 11 is 9.54. The second-order valence-electron chi connectivity index (χ2n) is 4.67. The number of halogens is 3. The highest BCUT2D eigenvalue weighted by molar-refractivity contribution is 9.10. The van der Waals surface area contributed by atoms with Crippen LogP contribution in [0.5, 0.6) is 5.75 Å². The summed E-state index contributed by atoms with van der Waals surface area (Å²) < 4.78 is 19.7. The van der Waals surface area contributed by atoms with Crippen molar-refractivity contribution in [3.05, 3.63) is 62.8 Å². The SMILES string of the molecule is CNC(Cc1cc(F)ccc1Br)c1cc(Cl)ccc1OC. The lowest BCUT2D eigenvalue weighted by molar-refractivity contribution is 0.401. The molecule has 0 aliphatic rings. The molecule has 0 heterocycles. The molecule has 0 saturated carbocycles. The molecule has 0 amide bonds. The Kier molecular flexibility index (Phi) is 5.62. The second kappa shape index (κ2) is 7.25. The molecule has 0 aliphatic carbocycles. The summed E-state index contributed by atoms with van der Waals surface area (Å²) in [5.41, 5.74) is 1.83. The van der Waals surface area contributed by atoms with Gasteiger partial charge in [-0.2, -0.15) is 0 Å². The van der Waals surface area contributed by atoms with Crippen LogP contribution in [0.25, 0.3) is 0 Å². The van der Waals surface area contributed by atoms with E-state index in [0.29, 0.717) is 11.4 Å². The zero-order valence-electron chi connectivity index (χ0n) is 11.8. The van der Waals surface area contributed by atoms with E-state index in [1.54, 1.807) is 19.2 Å². The fourth-order valence-electron chi connectivity index (χ4n) is 2.26. The summed E-state index contributed by atoms with van der Waals surface area (Å²) in [5.74, 6) is 0.507. The van der Waals surface area contributed by atoms with Crippen molar-refractivity contribution in [1.82, 2.24) is 5.32 Å². The third kappa shape index (κ3) is 3.96. The molecule has 21 heavy (non-hydrogen) atoms. The highest BCUT2D eigenvalue weighted by Crippen LogP contribution is 2.31. The molecule has 2 rings (SSSR count). The summed E-state index contributed by atoms with van der Waals surface area (Å²) in [7, 11) is 3.48. The van der Waals surface area contributed by atoms with E-state index in [4.69, 9.17) is 16.3 Å². The summed E-state index contributed by atoms with van der Waals surface area (Å²) in [4.78, 5) is 0. The molecule has 0 radical (unpaired) electrons. The maximum atomic E-state index is 13.4. The minimum absolute atomic E-state index is 0.0308. The van der Waals surface area contributed by atoms with Crippen molar-refractivity contribution in [2.45, 2.75) is 12.5 Å². The Morgan fingerprint density at radius 3 is 2.71 bits per heavy atom. The van der Waals surface area contributed by atoms with Crippen molar-refractivity contribution in [2.75, 3.05) is 14.2 Å². The number of ether oxygens (including phenoxy) is 1. The molecule has 112 valence electrons. The van der Waals surface area contributed by atoms with Gasteiger partial charge >= 0.3 is 0 Å². The second-order valence-corrected chi connectivity index (χ2v) is 5.96. The van der Waals surface area contributed by atoms with Gasteiger partial charge in [0.15, 0.2) is 0 Å². The van der Waals surface area contributed by atoms with E-state index in [1.807, 2.05) is 19.2 Å². The van der Waals surface area contributed by atoms with Crippen molar-refractivity contribution >= 4 is 27.5 Å². The van der Waals surface area contributed by atoms with E-state index in [1.165, 1.54) is 12.1 Å². The Morgan fingerprint density at radius 1 is 1.29 bits per heavy atom. The Morgan fingerprint density at radius 2 is 2.05 bits per heavy atom. The molecule has 2 nitrogen and oxygen atoms in total. The third-order valence-corrected chi connectivity index (χ3v) is 4.36. The fourth-order valence-corrected chi connectivity index (χ4v) is 2.85. The number of nitrogens with one attached hydrogen (secondary N) is 1. The summed E-state index contributed by atoms with van der Waals surface area (Å²) in [5, 5.41) is 3.88. The molecule has 0 saturated heterocycles. The van der Waals surface area contributed by atoms with Crippen molar-refractivity contribution in [1.29, 1.82) is 0 Å². The molecule has 0 bridgehead atoms. The monoisotopic (exact) mass is 371 g/mol. The number of likely N-dealkylation sites (N-methyl/N-ethyl adjacent to an activating group) is 1. The van der Waals surface area contributed by atoms with Crippen LogP contribution < -0.4 is 10.1 Å². The van der Waals surface area contributed by atoms with E-state index >= 15 is 0 Å². The molecule has 0 aromatic heterocycles. The molecule has 0 spiro atoms. The van der Waals surface area contributed by atoms with Crippen molar-refractivity contribution in [2.24, 2.45) is 0 Å². The Bertz CT molecular complexity index is 636. The van der Waals surface area contributed by atoms with Gasteiger partial charge in [0.1, 0.15) is 11.6 Å². The molecule has 2 aromatic carbocycles. The molecule has 1 atom stereocenters. The van der Waals surface area contributed by atoms with E-state index in [0.717, 1.165) is 21.3 Å². The zero-order valence-corrected chi connectivity index (χ0v) is 14.1. The lowest BCUT2D eigenvalue weighted by atomic mass is 9.98. The molecule has 5 heteroatoms. The van der Waals surface area contributed by atoms with Crippen molar-refractivity contribution in [3.8, 4) is 5.75 Å². The minimum atomic E-state index is -0.249. The van der Waals surface area contributed by atoms with Gasteiger partial charge in [0, 0.05) is 21.1 Å². The predicted molar refractivity (Wildman–Crippen MR) is 87.6 cm³/mol. The van der Waals surface area contributed by atoms with Gasteiger partial charge in [0.25, 0.3) is 0 Å². The van der Waals surface area contributed by atoms with Crippen LogP contribution in [0.1, 0.15) is 17.2 Å². The standard InChI is InChI=1S/C16H16BrClFNO/c1-20-15(8-10-7-12(19)4-5-14(10)17)13-9-11(18)3-6-16(13)21-2/h3-7,9,15,20H,8H2,1-2H3. The van der Waals surface area contributed by atoms with Crippen LogP contribution in [0.4, 0.5) is 4.39 Å². The molecular weight excluding hydrogens is 357 g/mol. The average Bonchev–Trinajstić information content (AvgIpc) is 2.48. The van der Waals surface area contributed by atoms with E-state index < -0.39 is 0 Å².